The van der Waals surface area contributed by atoms with Crippen LogP contribution in [0.3, 0.4) is 0 Å². The summed E-state index contributed by atoms with van der Waals surface area (Å²) in [6.07, 6.45) is 7.91. The molecule has 168 valence electrons. The van der Waals surface area contributed by atoms with Crippen molar-refractivity contribution < 1.29 is 4.79 Å². The van der Waals surface area contributed by atoms with Crippen LogP contribution in [0.2, 0.25) is 0 Å². The molecule has 8 nitrogen and oxygen atoms in total. The molecule has 4 rings (SSSR count). The van der Waals surface area contributed by atoms with E-state index in [9.17, 15) is 9.59 Å². The van der Waals surface area contributed by atoms with Crippen molar-refractivity contribution in [2.45, 2.75) is 33.2 Å². The Labute approximate surface area is 192 Å². The molecule has 4 aromatic heterocycles. The van der Waals surface area contributed by atoms with E-state index in [0.717, 1.165) is 23.2 Å². The standard InChI is InChI=1S/C25H26N6O2/c1-5-19-10-9-17(14-27-19)18-13-20(25(33)30(4)15-18)24(32)29-22-8-6-7-21(28-22)23-26-11-12-31(23)16(2)3/h6-16H,5H2,1-4H3,(H,28,29,32). The van der Waals surface area contributed by atoms with Gasteiger partial charge in [0.05, 0.1) is 0 Å². The highest BCUT2D eigenvalue weighted by Gasteiger charge is 2.16. The number of aromatic nitrogens is 5. The Morgan fingerprint density at radius 3 is 2.64 bits per heavy atom. The number of nitrogens with one attached hydrogen (secondary N) is 1. The molecular weight excluding hydrogens is 416 g/mol. The first kappa shape index (κ1) is 22.1. The van der Waals surface area contributed by atoms with E-state index in [-0.39, 0.29) is 17.2 Å². The van der Waals surface area contributed by atoms with Gasteiger partial charge in [0.25, 0.3) is 11.5 Å². The van der Waals surface area contributed by atoms with Gasteiger partial charge in [-0.2, -0.15) is 0 Å². The molecule has 0 aromatic carbocycles. The van der Waals surface area contributed by atoms with Crippen LogP contribution in [-0.2, 0) is 13.5 Å². The van der Waals surface area contributed by atoms with Crippen LogP contribution >= 0.6 is 0 Å². The van der Waals surface area contributed by atoms with Gasteiger partial charge in [-0.15, -0.1) is 0 Å². The van der Waals surface area contributed by atoms with Crippen LogP contribution in [0.4, 0.5) is 5.82 Å². The van der Waals surface area contributed by atoms with E-state index in [1.165, 1.54) is 4.57 Å². The lowest BCUT2D eigenvalue weighted by Crippen LogP contribution is -2.27. The second kappa shape index (κ2) is 9.20. The van der Waals surface area contributed by atoms with Crippen LogP contribution < -0.4 is 10.9 Å². The number of nitrogens with zero attached hydrogens (tertiary/aromatic N) is 5. The molecule has 0 spiro atoms. The summed E-state index contributed by atoms with van der Waals surface area (Å²) in [4.78, 5) is 39.1. The number of rotatable bonds is 6. The van der Waals surface area contributed by atoms with Crippen molar-refractivity contribution in [1.82, 2.24) is 24.1 Å². The summed E-state index contributed by atoms with van der Waals surface area (Å²) in [5.41, 5.74) is 2.82. The number of pyridine rings is 3. The molecule has 0 bridgehead atoms. The Balaban J connectivity index is 1.64. The Morgan fingerprint density at radius 2 is 1.94 bits per heavy atom. The summed E-state index contributed by atoms with van der Waals surface area (Å²) in [7, 11) is 1.63. The molecule has 0 atom stereocenters. The summed E-state index contributed by atoms with van der Waals surface area (Å²) in [5, 5.41) is 2.76. The minimum absolute atomic E-state index is 0.0328. The zero-order chi connectivity index (χ0) is 23.5. The molecule has 1 N–H and O–H groups in total. The van der Waals surface area contributed by atoms with Gasteiger partial charge < -0.3 is 14.5 Å². The van der Waals surface area contributed by atoms with Gasteiger partial charge in [-0.3, -0.25) is 14.6 Å². The summed E-state index contributed by atoms with van der Waals surface area (Å²) in [6.45, 7) is 6.16. The molecule has 0 fully saturated rings. The molecule has 4 heterocycles. The van der Waals surface area contributed by atoms with Crippen LogP contribution in [0.5, 0.6) is 0 Å². The fraction of sp³-hybridized carbons (Fsp3) is 0.240. The minimum Gasteiger partial charge on any atom is -0.327 e. The van der Waals surface area contributed by atoms with Gasteiger partial charge in [-0.25, -0.2) is 9.97 Å². The molecule has 0 radical (unpaired) electrons. The van der Waals surface area contributed by atoms with E-state index < -0.39 is 5.91 Å². The van der Waals surface area contributed by atoms with E-state index in [1.807, 2.05) is 35.9 Å². The minimum atomic E-state index is -0.521. The summed E-state index contributed by atoms with van der Waals surface area (Å²) < 4.78 is 3.41. The molecule has 0 unspecified atom stereocenters. The van der Waals surface area contributed by atoms with Crippen LogP contribution in [0.15, 0.2) is 66.0 Å². The zero-order valence-corrected chi connectivity index (χ0v) is 19.1. The Bertz CT molecular complexity index is 1350. The Kier molecular flexibility index (Phi) is 6.17. The highest BCUT2D eigenvalue weighted by atomic mass is 16.2. The lowest BCUT2D eigenvalue weighted by molar-refractivity contribution is 0.102. The lowest BCUT2D eigenvalue weighted by Gasteiger charge is -2.12. The molecule has 0 saturated carbocycles. The van der Waals surface area contributed by atoms with Crippen molar-refractivity contribution in [3.05, 3.63) is 82.8 Å². The molecule has 1 amide bonds. The first-order chi connectivity index (χ1) is 15.9. The highest BCUT2D eigenvalue weighted by Crippen LogP contribution is 2.22. The third-order valence-corrected chi connectivity index (χ3v) is 5.39. The molecule has 33 heavy (non-hydrogen) atoms. The van der Waals surface area contributed by atoms with Gasteiger partial charge in [0.2, 0.25) is 0 Å². The number of amides is 1. The van der Waals surface area contributed by atoms with Crippen molar-refractivity contribution >= 4 is 11.7 Å². The van der Waals surface area contributed by atoms with Crippen molar-refractivity contribution in [2.75, 3.05) is 5.32 Å². The van der Waals surface area contributed by atoms with Crippen molar-refractivity contribution in [3.8, 4) is 22.6 Å². The summed E-state index contributed by atoms with van der Waals surface area (Å²) in [5.74, 6) is 0.534. The fourth-order valence-corrected chi connectivity index (χ4v) is 3.58. The third-order valence-electron chi connectivity index (χ3n) is 5.39. The van der Waals surface area contributed by atoms with Crippen molar-refractivity contribution in [1.29, 1.82) is 0 Å². The first-order valence-corrected chi connectivity index (χ1v) is 10.8. The van der Waals surface area contributed by atoms with Gasteiger partial charge in [0.15, 0.2) is 5.82 Å². The summed E-state index contributed by atoms with van der Waals surface area (Å²) >= 11 is 0. The maximum Gasteiger partial charge on any atom is 0.263 e. The molecule has 8 heteroatoms. The molecule has 0 aliphatic rings. The predicted octanol–water partition coefficient (Wildman–Crippen LogP) is 4.10. The zero-order valence-electron chi connectivity index (χ0n) is 19.1. The van der Waals surface area contributed by atoms with Crippen LogP contribution in [-0.4, -0.2) is 30.0 Å². The van der Waals surface area contributed by atoms with E-state index in [0.29, 0.717) is 17.3 Å². The van der Waals surface area contributed by atoms with Gasteiger partial charge in [0.1, 0.15) is 17.1 Å². The van der Waals surface area contributed by atoms with E-state index >= 15 is 0 Å². The number of aryl methyl sites for hydroxylation is 2. The second-order valence-corrected chi connectivity index (χ2v) is 8.06. The number of anilines is 1. The summed E-state index contributed by atoms with van der Waals surface area (Å²) in [6, 6.07) is 11.0. The van der Waals surface area contributed by atoms with Gasteiger partial charge in [-0.1, -0.05) is 19.1 Å². The normalized spacial score (nSPS) is 11.1. The van der Waals surface area contributed by atoms with Crippen molar-refractivity contribution in [3.63, 3.8) is 0 Å². The van der Waals surface area contributed by atoms with Gasteiger partial charge >= 0.3 is 0 Å². The molecule has 0 aliphatic carbocycles. The maximum absolute atomic E-state index is 13.0. The third kappa shape index (κ3) is 4.59. The largest absolute Gasteiger partial charge is 0.327 e. The number of carbonyl (C=O) groups is 1. The average Bonchev–Trinajstić information content (AvgIpc) is 3.31. The maximum atomic E-state index is 13.0. The highest BCUT2D eigenvalue weighted by molar-refractivity contribution is 6.04. The molecule has 0 aliphatic heterocycles. The smallest absolute Gasteiger partial charge is 0.263 e. The molecule has 4 aromatic rings. The van der Waals surface area contributed by atoms with Crippen LogP contribution in [0, 0.1) is 0 Å². The number of carbonyl (C=O) groups excluding carboxylic acids is 1. The van der Waals surface area contributed by atoms with E-state index in [1.54, 1.807) is 43.8 Å². The monoisotopic (exact) mass is 442 g/mol. The van der Waals surface area contributed by atoms with Crippen LogP contribution in [0.1, 0.15) is 42.9 Å². The average molecular weight is 443 g/mol. The SMILES string of the molecule is CCc1ccc(-c2cc(C(=O)Nc3cccc(-c4nccn4C(C)C)n3)c(=O)n(C)c2)cn1. The number of hydrogen-bond acceptors (Lipinski definition) is 5. The quantitative estimate of drug-likeness (QED) is 0.485. The first-order valence-electron chi connectivity index (χ1n) is 10.8. The topological polar surface area (TPSA) is 94.7 Å². The number of hydrogen-bond donors (Lipinski definition) is 1. The Hall–Kier alpha value is -4.07. The van der Waals surface area contributed by atoms with Gasteiger partial charge in [0, 0.05) is 54.7 Å². The van der Waals surface area contributed by atoms with E-state index in [4.69, 9.17) is 0 Å². The second-order valence-electron chi connectivity index (χ2n) is 8.06. The predicted molar refractivity (Wildman–Crippen MR) is 128 cm³/mol. The molecular formula is C25H26N6O2. The van der Waals surface area contributed by atoms with Crippen molar-refractivity contribution in [2.24, 2.45) is 7.05 Å². The fourth-order valence-electron chi connectivity index (χ4n) is 3.58. The van der Waals surface area contributed by atoms with Gasteiger partial charge in [-0.05, 0) is 44.5 Å². The Morgan fingerprint density at radius 1 is 1.12 bits per heavy atom. The van der Waals surface area contributed by atoms with E-state index in [2.05, 4.69) is 34.1 Å². The molecule has 0 saturated heterocycles. The lowest BCUT2D eigenvalue weighted by atomic mass is 10.1. The number of imidazole rings is 1. The van der Waals surface area contributed by atoms with Crippen LogP contribution in [0.25, 0.3) is 22.6 Å².